The Labute approximate surface area is 180 Å². The molecule has 0 bridgehead atoms. The van der Waals surface area contributed by atoms with Crippen molar-refractivity contribution in [2.75, 3.05) is 5.32 Å². The van der Waals surface area contributed by atoms with Crippen molar-refractivity contribution >= 4 is 45.7 Å². The number of nitrogens with one attached hydrogen (secondary N) is 2. The number of hydrogen-bond donors (Lipinski definition) is 3. The van der Waals surface area contributed by atoms with Crippen LogP contribution in [-0.2, 0) is 0 Å². The Morgan fingerprint density at radius 2 is 1.84 bits per heavy atom. The number of para-hydroxylation sites is 2. The van der Waals surface area contributed by atoms with Crippen molar-refractivity contribution in [1.82, 2.24) is 10.3 Å². The molecule has 0 unspecified atom stereocenters. The number of carbonyl (C=O) groups excluding carboxylic acids is 1. The molecule has 4 aromatic rings. The van der Waals surface area contributed by atoms with Crippen LogP contribution in [0.25, 0.3) is 22.6 Å². The lowest BCUT2D eigenvalue weighted by molar-refractivity contribution is -0.384. The third-order valence-electron chi connectivity index (χ3n) is 4.35. The van der Waals surface area contributed by atoms with Crippen LogP contribution in [-0.4, -0.2) is 26.0 Å². The highest BCUT2D eigenvalue weighted by atomic mass is 32.1. The summed E-state index contributed by atoms with van der Waals surface area (Å²) in [6, 6.07) is 17.0. The van der Waals surface area contributed by atoms with Gasteiger partial charge in [0.1, 0.15) is 11.3 Å². The van der Waals surface area contributed by atoms with Crippen LogP contribution in [0.4, 0.5) is 11.4 Å². The van der Waals surface area contributed by atoms with E-state index in [1.54, 1.807) is 24.3 Å². The smallest absolute Gasteiger partial charge is 0.269 e. The molecule has 10 heteroatoms. The van der Waals surface area contributed by atoms with Crippen LogP contribution >= 0.6 is 12.2 Å². The summed E-state index contributed by atoms with van der Waals surface area (Å²) in [6.45, 7) is 0. The van der Waals surface area contributed by atoms with Gasteiger partial charge in [-0.15, -0.1) is 0 Å². The number of fused-ring (bicyclic) bond motifs is 1. The molecule has 0 saturated heterocycles. The quantitative estimate of drug-likeness (QED) is 0.188. The Morgan fingerprint density at radius 1 is 1.10 bits per heavy atom. The van der Waals surface area contributed by atoms with E-state index in [1.807, 2.05) is 12.1 Å². The number of nitro groups is 1. The second kappa shape index (κ2) is 8.20. The van der Waals surface area contributed by atoms with Crippen LogP contribution in [0.2, 0.25) is 0 Å². The van der Waals surface area contributed by atoms with Crippen molar-refractivity contribution in [2.45, 2.75) is 0 Å². The number of aromatic nitrogens is 1. The lowest BCUT2D eigenvalue weighted by Gasteiger charge is -2.11. The maximum Gasteiger partial charge on any atom is 0.269 e. The van der Waals surface area contributed by atoms with Gasteiger partial charge < -0.3 is 14.8 Å². The number of amides is 1. The fourth-order valence-electron chi connectivity index (χ4n) is 2.84. The van der Waals surface area contributed by atoms with Gasteiger partial charge in [-0.25, -0.2) is 4.98 Å². The van der Waals surface area contributed by atoms with E-state index in [0.717, 1.165) is 0 Å². The van der Waals surface area contributed by atoms with Gasteiger partial charge in [0.25, 0.3) is 11.6 Å². The van der Waals surface area contributed by atoms with Crippen molar-refractivity contribution in [3.8, 4) is 17.2 Å². The molecule has 0 aliphatic rings. The average molecular weight is 434 g/mol. The zero-order valence-electron chi connectivity index (χ0n) is 15.7. The Morgan fingerprint density at radius 3 is 2.55 bits per heavy atom. The Hall–Kier alpha value is -4.31. The van der Waals surface area contributed by atoms with E-state index in [4.69, 9.17) is 16.6 Å². The predicted octanol–water partition coefficient (Wildman–Crippen LogP) is 4.24. The summed E-state index contributed by atoms with van der Waals surface area (Å²) in [5.41, 5.74) is 2.18. The molecular formula is C21H14N4O5S. The predicted molar refractivity (Wildman–Crippen MR) is 118 cm³/mol. The van der Waals surface area contributed by atoms with E-state index in [-0.39, 0.29) is 28.0 Å². The van der Waals surface area contributed by atoms with Crippen LogP contribution in [0.3, 0.4) is 0 Å². The van der Waals surface area contributed by atoms with Gasteiger partial charge in [0, 0.05) is 23.4 Å². The molecule has 31 heavy (non-hydrogen) atoms. The normalized spacial score (nSPS) is 10.6. The lowest BCUT2D eigenvalue weighted by Crippen LogP contribution is -2.34. The number of non-ortho nitro benzene ring substituents is 1. The number of oxazole rings is 1. The molecule has 0 aliphatic heterocycles. The molecule has 9 nitrogen and oxygen atoms in total. The maximum absolute atomic E-state index is 12.3. The third-order valence-corrected chi connectivity index (χ3v) is 4.55. The second-order valence-corrected chi connectivity index (χ2v) is 6.84. The van der Waals surface area contributed by atoms with E-state index in [9.17, 15) is 20.0 Å². The van der Waals surface area contributed by atoms with Gasteiger partial charge in [-0.1, -0.05) is 12.1 Å². The second-order valence-electron chi connectivity index (χ2n) is 6.43. The standard InChI is InChI=1S/C21H14N4O5S/c26-17-10-7-13(11-15(17)20-23-16-3-1-2-4-18(16)30-20)22-21(31)24-19(27)12-5-8-14(9-6-12)25(28)29/h1-11,26H,(H2,22,24,27,31). The number of anilines is 1. The number of hydrogen-bond acceptors (Lipinski definition) is 7. The molecular weight excluding hydrogens is 420 g/mol. The molecule has 0 radical (unpaired) electrons. The highest BCUT2D eigenvalue weighted by molar-refractivity contribution is 7.80. The zero-order valence-corrected chi connectivity index (χ0v) is 16.6. The number of benzene rings is 3. The fourth-order valence-corrected chi connectivity index (χ4v) is 3.06. The first-order valence-corrected chi connectivity index (χ1v) is 9.37. The number of nitro benzene ring substituents is 1. The van der Waals surface area contributed by atoms with Gasteiger partial charge in [0.05, 0.1) is 10.5 Å². The maximum atomic E-state index is 12.3. The number of rotatable bonds is 4. The molecule has 0 saturated carbocycles. The molecule has 3 N–H and O–H groups in total. The van der Waals surface area contributed by atoms with Crippen LogP contribution in [0.15, 0.2) is 71.1 Å². The van der Waals surface area contributed by atoms with Gasteiger partial charge in [-0.3, -0.25) is 20.2 Å². The minimum Gasteiger partial charge on any atom is -0.507 e. The van der Waals surface area contributed by atoms with Crippen molar-refractivity contribution in [2.24, 2.45) is 0 Å². The molecule has 154 valence electrons. The zero-order chi connectivity index (χ0) is 22.0. The summed E-state index contributed by atoms with van der Waals surface area (Å²) in [5, 5.41) is 26.3. The third kappa shape index (κ3) is 4.33. The van der Waals surface area contributed by atoms with E-state index < -0.39 is 10.8 Å². The molecule has 3 aromatic carbocycles. The number of phenolic OH excluding ortho intramolecular Hbond substituents is 1. The fraction of sp³-hybridized carbons (Fsp3) is 0. The van der Waals surface area contributed by atoms with Gasteiger partial charge in [-0.05, 0) is 54.7 Å². The lowest BCUT2D eigenvalue weighted by atomic mass is 10.1. The Bertz CT molecular complexity index is 1280. The van der Waals surface area contributed by atoms with Gasteiger partial charge >= 0.3 is 0 Å². The Kier molecular flexibility index (Phi) is 5.29. The van der Waals surface area contributed by atoms with Crippen LogP contribution in [0.5, 0.6) is 5.75 Å². The summed E-state index contributed by atoms with van der Waals surface area (Å²) in [4.78, 5) is 26.8. The summed E-state index contributed by atoms with van der Waals surface area (Å²) >= 11 is 5.17. The van der Waals surface area contributed by atoms with E-state index >= 15 is 0 Å². The monoisotopic (exact) mass is 434 g/mol. The van der Waals surface area contributed by atoms with Crippen molar-refractivity contribution < 1.29 is 19.2 Å². The highest BCUT2D eigenvalue weighted by Gasteiger charge is 2.15. The van der Waals surface area contributed by atoms with Gasteiger partial charge in [0.2, 0.25) is 5.89 Å². The van der Waals surface area contributed by atoms with Crippen LogP contribution < -0.4 is 10.6 Å². The first-order chi connectivity index (χ1) is 14.9. The molecule has 0 aliphatic carbocycles. The molecule has 1 heterocycles. The highest BCUT2D eigenvalue weighted by Crippen LogP contribution is 2.33. The molecule has 0 atom stereocenters. The van der Waals surface area contributed by atoms with Gasteiger partial charge in [-0.2, -0.15) is 0 Å². The van der Waals surface area contributed by atoms with E-state index in [2.05, 4.69) is 15.6 Å². The number of nitrogens with zero attached hydrogens (tertiary/aromatic N) is 2. The van der Waals surface area contributed by atoms with Crippen molar-refractivity contribution in [3.05, 3.63) is 82.4 Å². The molecule has 0 fully saturated rings. The summed E-state index contributed by atoms with van der Waals surface area (Å²) in [5.74, 6) is -0.313. The summed E-state index contributed by atoms with van der Waals surface area (Å²) < 4.78 is 5.69. The van der Waals surface area contributed by atoms with Gasteiger partial charge in [0.15, 0.2) is 10.7 Å². The molecule has 1 aromatic heterocycles. The Balaban J connectivity index is 1.49. The topological polar surface area (TPSA) is 131 Å². The number of thiocarbonyl (C=S) groups is 1. The first-order valence-electron chi connectivity index (χ1n) is 8.96. The molecule has 0 spiro atoms. The minimum atomic E-state index is -0.548. The number of phenols is 1. The van der Waals surface area contributed by atoms with E-state index in [0.29, 0.717) is 22.4 Å². The summed E-state index contributed by atoms with van der Waals surface area (Å²) in [7, 11) is 0. The number of carbonyl (C=O) groups is 1. The SMILES string of the molecule is O=C(NC(=S)Nc1ccc(O)c(-c2nc3ccccc3o2)c1)c1ccc([N+](=O)[O-])cc1. The number of aromatic hydroxyl groups is 1. The summed E-state index contributed by atoms with van der Waals surface area (Å²) in [6.07, 6.45) is 0. The molecule has 4 rings (SSSR count). The average Bonchev–Trinajstić information content (AvgIpc) is 3.19. The minimum absolute atomic E-state index is 0.0116. The largest absolute Gasteiger partial charge is 0.507 e. The van der Waals surface area contributed by atoms with E-state index in [1.165, 1.54) is 30.3 Å². The van der Waals surface area contributed by atoms with Crippen molar-refractivity contribution in [3.63, 3.8) is 0 Å². The van der Waals surface area contributed by atoms with Crippen LogP contribution in [0, 0.1) is 10.1 Å². The first kappa shape index (κ1) is 20.0. The van der Waals surface area contributed by atoms with Crippen LogP contribution in [0.1, 0.15) is 10.4 Å². The molecule has 1 amide bonds. The van der Waals surface area contributed by atoms with Crippen molar-refractivity contribution in [1.29, 1.82) is 0 Å².